The highest BCUT2D eigenvalue weighted by Gasteiger charge is 2.31. The third-order valence-corrected chi connectivity index (χ3v) is 1.38. The Kier molecular flexibility index (Phi) is 2.02. The van der Waals surface area contributed by atoms with Gasteiger partial charge in [-0.05, 0) is 0 Å². The van der Waals surface area contributed by atoms with Crippen molar-refractivity contribution in [1.29, 1.82) is 0 Å². The molecule has 1 rings (SSSR count). The minimum absolute atomic E-state index is 0.200. The molecular weight excluding hydrogens is 124 g/mol. The highest BCUT2D eigenvalue weighted by atomic mass is 16.6. The van der Waals surface area contributed by atoms with Crippen molar-refractivity contribution < 1.29 is 20.1 Å². The summed E-state index contributed by atoms with van der Waals surface area (Å²) in [7, 11) is 0. The summed E-state index contributed by atoms with van der Waals surface area (Å²) in [5.74, 6) is 0. The number of hydrogen-bond donors (Lipinski definition) is 3. The van der Waals surface area contributed by atoms with Crippen LogP contribution in [0.2, 0.25) is 0 Å². The van der Waals surface area contributed by atoms with Crippen molar-refractivity contribution in [3.05, 3.63) is 0 Å². The molecule has 0 bridgehead atoms. The molecule has 0 aliphatic carbocycles. The van der Waals surface area contributed by atoms with Crippen LogP contribution in [0.3, 0.4) is 0 Å². The van der Waals surface area contributed by atoms with Crippen LogP contribution in [0.4, 0.5) is 0 Å². The molecule has 0 aromatic carbocycles. The summed E-state index contributed by atoms with van der Waals surface area (Å²) in [6.07, 6.45) is -2.02. The third kappa shape index (κ3) is 1.40. The summed E-state index contributed by atoms with van der Waals surface area (Å²) < 4.78 is 4.68. The zero-order valence-corrected chi connectivity index (χ0v) is 4.90. The van der Waals surface area contributed by atoms with E-state index >= 15 is 0 Å². The molecule has 1 fully saturated rings. The summed E-state index contributed by atoms with van der Waals surface area (Å²) in [6.45, 7) is -0.238. The van der Waals surface area contributed by atoms with Gasteiger partial charge >= 0.3 is 0 Å². The van der Waals surface area contributed by atoms with Crippen LogP contribution in [-0.2, 0) is 4.74 Å². The van der Waals surface area contributed by atoms with Crippen molar-refractivity contribution in [3.8, 4) is 0 Å². The van der Waals surface area contributed by atoms with Crippen molar-refractivity contribution in [2.45, 2.75) is 24.9 Å². The Morgan fingerprint density at radius 2 is 2.11 bits per heavy atom. The summed E-state index contributed by atoms with van der Waals surface area (Å²) >= 11 is 0. The Morgan fingerprint density at radius 3 is 2.33 bits per heavy atom. The summed E-state index contributed by atoms with van der Waals surface area (Å²) in [4.78, 5) is 0. The standard InChI is InChI=1S/C5H10O4/c6-2-4-3(7)1-5(8)9-4/h3-8H,1-2H2/t3-,4+,5+/m1/s1. The molecule has 3 N–H and O–H groups in total. The number of aliphatic hydroxyl groups is 3. The topological polar surface area (TPSA) is 69.9 Å². The smallest absolute Gasteiger partial charge is 0.157 e. The Hall–Kier alpha value is -0.160. The first-order valence-corrected chi connectivity index (χ1v) is 2.86. The lowest BCUT2D eigenvalue weighted by Crippen LogP contribution is -2.24. The van der Waals surface area contributed by atoms with Gasteiger partial charge in [-0.25, -0.2) is 0 Å². The predicted molar refractivity (Wildman–Crippen MR) is 28.6 cm³/mol. The van der Waals surface area contributed by atoms with Crippen molar-refractivity contribution in [3.63, 3.8) is 0 Å². The second-order valence-electron chi connectivity index (χ2n) is 2.11. The summed E-state index contributed by atoms with van der Waals surface area (Å²) in [5, 5.41) is 26.1. The van der Waals surface area contributed by atoms with Gasteiger partial charge in [0.15, 0.2) is 6.29 Å². The molecule has 1 saturated heterocycles. The first-order valence-electron chi connectivity index (χ1n) is 2.86. The highest BCUT2D eigenvalue weighted by Crippen LogP contribution is 2.17. The molecule has 1 aliphatic heterocycles. The molecule has 0 spiro atoms. The van der Waals surface area contributed by atoms with Gasteiger partial charge in [-0.1, -0.05) is 0 Å². The molecule has 3 atom stereocenters. The van der Waals surface area contributed by atoms with E-state index in [4.69, 9.17) is 15.3 Å². The van der Waals surface area contributed by atoms with Crippen molar-refractivity contribution >= 4 is 0 Å². The van der Waals surface area contributed by atoms with Crippen LogP contribution >= 0.6 is 0 Å². The maximum Gasteiger partial charge on any atom is 0.157 e. The molecule has 0 saturated carbocycles. The Labute approximate surface area is 52.7 Å². The van der Waals surface area contributed by atoms with E-state index in [1.54, 1.807) is 0 Å². The second-order valence-corrected chi connectivity index (χ2v) is 2.11. The van der Waals surface area contributed by atoms with Crippen molar-refractivity contribution in [1.82, 2.24) is 0 Å². The van der Waals surface area contributed by atoms with Crippen molar-refractivity contribution in [2.24, 2.45) is 0 Å². The van der Waals surface area contributed by atoms with Gasteiger partial charge in [0.2, 0.25) is 0 Å². The number of hydrogen-bond acceptors (Lipinski definition) is 4. The number of aliphatic hydroxyl groups excluding tert-OH is 3. The fraction of sp³-hybridized carbons (Fsp3) is 1.00. The van der Waals surface area contributed by atoms with E-state index in [1.165, 1.54) is 0 Å². The second kappa shape index (κ2) is 2.62. The fourth-order valence-corrected chi connectivity index (χ4v) is 0.871. The van der Waals surface area contributed by atoms with Crippen molar-refractivity contribution in [2.75, 3.05) is 6.61 Å². The largest absolute Gasteiger partial charge is 0.394 e. The van der Waals surface area contributed by atoms with E-state index in [1.807, 2.05) is 0 Å². The molecule has 0 radical (unpaired) electrons. The van der Waals surface area contributed by atoms with Crippen LogP contribution in [0.15, 0.2) is 0 Å². The first kappa shape index (κ1) is 6.95. The zero-order chi connectivity index (χ0) is 6.85. The van der Waals surface area contributed by atoms with Crippen LogP contribution in [-0.4, -0.2) is 40.4 Å². The maximum atomic E-state index is 8.91. The zero-order valence-electron chi connectivity index (χ0n) is 4.90. The minimum Gasteiger partial charge on any atom is -0.394 e. The molecule has 9 heavy (non-hydrogen) atoms. The van der Waals surface area contributed by atoms with Gasteiger partial charge in [-0.3, -0.25) is 0 Å². The molecule has 4 nitrogen and oxygen atoms in total. The lowest BCUT2D eigenvalue weighted by atomic mass is 10.2. The van der Waals surface area contributed by atoms with E-state index in [-0.39, 0.29) is 13.0 Å². The lowest BCUT2D eigenvalue weighted by molar-refractivity contribution is -0.107. The Bertz CT molecular complexity index is 95.0. The lowest BCUT2D eigenvalue weighted by Gasteiger charge is -2.08. The van der Waals surface area contributed by atoms with E-state index in [0.29, 0.717) is 0 Å². The average molecular weight is 134 g/mol. The average Bonchev–Trinajstić information content (AvgIpc) is 2.10. The Morgan fingerprint density at radius 1 is 1.44 bits per heavy atom. The molecule has 0 aromatic rings. The van der Waals surface area contributed by atoms with E-state index < -0.39 is 18.5 Å². The fourth-order valence-electron chi connectivity index (χ4n) is 0.871. The van der Waals surface area contributed by atoms with Gasteiger partial charge in [-0.15, -0.1) is 0 Å². The molecular formula is C5H10O4. The molecule has 1 heterocycles. The van der Waals surface area contributed by atoms with E-state index in [0.717, 1.165) is 0 Å². The minimum atomic E-state index is -0.905. The number of rotatable bonds is 1. The van der Waals surface area contributed by atoms with Crippen LogP contribution in [0.1, 0.15) is 6.42 Å². The molecule has 54 valence electrons. The van der Waals surface area contributed by atoms with Crippen LogP contribution in [0.5, 0.6) is 0 Å². The summed E-state index contributed by atoms with van der Waals surface area (Å²) in [5.41, 5.74) is 0. The molecule has 0 unspecified atom stereocenters. The first-order chi connectivity index (χ1) is 4.24. The van der Waals surface area contributed by atoms with Crippen LogP contribution in [0.25, 0.3) is 0 Å². The number of ether oxygens (including phenoxy) is 1. The quantitative estimate of drug-likeness (QED) is 0.406. The van der Waals surface area contributed by atoms with Gasteiger partial charge in [0, 0.05) is 6.42 Å². The Balaban J connectivity index is 2.38. The van der Waals surface area contributed by atoms with Crippen LogP contribution < -0.4 is 0 Å². The van der Waals surface area contributed by atoms with E-state index in [9.17, 15) is 0 Å². The monoisotopic (exact) mass is 134 g/mol. The molecule has 1 aliphatic rings. The SMILES string of the molecule is OC[C@@H]1O[C@H](O)C[C@H]1O. The highest BCUT2D eigenvalue weighted by molar-refractivity contribution is 4.75. The van der Waals surface area contributed by atoms with Gasteiger partial charge in [0.25, 0.3) is 0 Å². The normalized spacial score (nSPS) is 43.7. The van der Waals surface area contributed by atoms with Gasteiger partial charge < -0.3 is 20.1 Å². The summed E-state index contributed by atoms with van der Waals surface area (Å²) in [6, 6.07) is 0. The maximum absolute atomic E-state index is 8.91. The van der Waals surface area contributed by atoms with Gasteiger partial charge in [0.05, 0.1) is 12.7 Å². The van der Waals surface area contributed by atoms with Gasteiger partial charge in [0.1, 0.15) is 6.10 Å². The van der Waals surface area contributed by atoms with Crippen LogP contribution in [0, 0.1) is 0 Å². The molecule has 0 amide bonds. The molecule has 0 aromatic heterocycles. The predicted octanol–water partition coefficient (Wildman–Crippen LogP) is -1.55. The molecule has 4 heteroatoms. The van der Waals surface area contributed by atoms with Gasteiger partial charge in [-0.2, -0.15) is 0 Å². The van der Waals surface area contributed by atoms with E-state index in [2.05, 4.69) is 4.74 Å². The third-order valence-electron chi connectivity index (χ3n) is 1.38.